The van der Waals surface area contributed by atoms with E-state index in [0.29, 0.717) is 11.4 Å². The topological polar surface area (TPSA) is 41.6 Å². The number of nitriles is 1. The smallest absolute Gasteiger partial charge is 0.124 e. The van der Waals surface area contributed by atoms with Crippen LogP contribution in [0.2, 0.25) is 4.34 Å². The van der Waals surface area contributed by atoms with Gasteiger partial charge in [-0.05, 0) is 30.7 Å². The normalized spacial score (nSPS) is 10.9. The molecule has 0 N–H and O–H groups in total. The standard InChI is InChI=1S/C15H11Cl2N3S/c16-8-14-19-15-10(9-18)2-1-3-12(15)20(14)7-6-11-4-5-13(17)21-11/h1-5H,6-8H2. The van der Waals surface area contributed by atoms with E-state index in [2.05, 4.69) is 15.6 Å². The number of nitrogens with zero attached hydrogens (tertiary/aromatic N) is 3. The van der Waals surface area contributed by atoms with E-state index in [9.17, 15) is 5.26 Å². The van der Waals surface area contributed by atoms with Crippen LogP contribution in [0.25, 0.3) is 11.0 Å². The molecule has 0 saturated carbocycles. The van der Waals surface area contributed by atoms with Crippen LogP contribution in [-0.2, 0) is 18.8 Å². The average Bonchev–Trinajstić information content (AvgIpc) is 3.07. The first-order valence-corrected chi connectivity index (χ1v) is 8.14. The van der Waals surface area contributed by atoms with Crippen molar-refractivity contribution in [3.8, 4) is 6.07 Å². The third-order valence-electron chi connectivity index (χ3n) is 3.31. The Morgan fingerprint density at radius 1 is 1.29 bits per heavy atom. The molecule has 0 amide bonds. The molecule has 3 nitrogen and oxygen atoms in total. The Kier molecular flexibility index (Phi) is 4.16. The minimum atomic E-state index is 0.324. The fraction of sp³-hybridized carbons (Fsp3) is 0.200. The molecule has 0 radical (unpaired) electrons. The monoisotopic (exact) mass is 335 g/mol. The van der Waals surface area contributed by atoms with Crippen LogP contribution in [0.4, 0.5) is 0 Å². The molecule has 21 heavy (non-hydrogen) atoms. The Balaban J connectivity index is 1.99. The van der Waals surface area contributed by atoms with Crippen LogP contribution in [0.1, 0.15) is 16.3 Å². The number of alkyl halides is 1. The van der Waals surface area contributed by atoms with Crippen molar-refractivity contribution in [2.45, 2.75) is 18.8 Å². The molecule has 0 unspecified atom stereocenters. The van der Waals surface area contributed by atoms with Gasteiger partial charge in [-0.3, -0.25) is 0 Å². The zero-order valence-electron chi connectivity index (χ0n) is 11.0. The molecule has 3 rings (SSSR count). The van der Waals surface area contributed by atoms with E-state index >= 15 is 0 Å². The van der Waals surface area contributed by atoms with Crippen molar-refractivity contribution in [3.63, 3.8) is 0 Å². The summed E-state index contributed by atoms with van der Waals surface area (Å²) in [6.07, 6.45) is 0.865. The summed E-state index contributed by atoms with van der Waals surface area (Å²) in [6.45, 7) is 0.768. The molecule has 0 bridgehead atoms. The van der Waals surface area contributed by atoms with E-state index in [1.54, 1.807) is 17.4 Å². The Bertz CT molecular complexity index is 829. The Hall–Kier alpha value is -1.54. The molecule has 3 aromatic rings. The van der Waals surface area contributed by atoms with Crippen LogP contribution >= 0.6 is 34.5 Å². The third-order valence-corrected chi connectivity index (χ3v) is 4.84. The van der Waals surface area contributed by atoms with Crippen molar-refractivity contribution in [3.05, 3.63) is 50.9 Å². The van der Waals surface area contributed by atoms with E-state index < -0.39 is 0 Å². The zero-order valence-corrected chi connectivity index (χ0v) is 13.3. The lowest BCUT2D eigenvalue weighted by atomic mass is 10.2. The Labute approximate surface area is 136 Å². The number of para-hydroxylation sites is 1. The van der Waals surface area contributed by atoms with E-state index in [1.807, 2.05) is 24.3 Å². The van der Waals surface area contributed by atoms with Crippen LogP contribution in [0, 0.1) is 11.3 Å². The molecule has 0 saturated heterocycles. The number of hydrogen-bond donors (Lipinski definition) is 0. The lowest BCUT2D eigenvalue weighted by Crippen LogP contribution is -2.04. The number of aromatic nitrogens is 2. The number of rotatable bonds is 4. The predicted octanol–water partition coefficient (Wildman–Crippen LogP) is 4.60. The number of halogens is 2. The van der Waals surface area contributed by atoms with Gasteiger partial charge in [0, 0.05) is 11.4 Å². The molecule has 0 aliphatic carbocycles. The van der Waals surface area contributed by atoms with Crippen LogP contribution in [0.15, 0.2) is 30.3 Å². The first-order valence-electron chi connectivity index (χ1n) is 6.41. The van der Waals surface area contributed by atoms with Gasteiger partial charge in [0.1, 0.15) is 17.4 Å². The second-order valence-electron chi connectivity index (χ2n) is 4.55. The zero-order chi connectivity index (χ0) is 14.8. The number of aryl methyl sites for hydroxylation is 2. The molecule has 2 aromatic heterocycles. The lowest BCUT2D eigenvalue weighted by Gasteiger charge is -2.06. The maximum atomic E-state index is 9.17. The molecular weight excluding hydrogens is 325 g/mol. The Morgan fingerprint density at radius 2 is 2.14 bits per heavy atom. The summed E-state index contributed by atoms with van der Waals surface area (Å²) in [6, 6.07) is 11.7. The van der Waals surface area contributed by atoms with Gasteiger partial charge in [-0.2, -0.15) is 5.26 Å². The lowest BCUT2D eigenvalue weighted by molar-refractivity contribution is 0.693. The van der Waals surface area contributed by atoms with E-state index in [-0.39, 0.29) is 0 Å². The number of benzene rings is 1. The maximum Gasteiger partial charge on any atom is 0.124 e. The van der Waals surface area contributed by atoms with Crippen LogP contribution in [0.5, 0.6) is 0 Å². The highest BCUT2D eigenvalue weighted by Crippen LogP contribution is 2.24. The van der Waals surface area contributed by atoms with E-state index in [0.717, 1.165) is 34.2 Å². The summed E-state index contributed by atoms with van der Waals surface area (Å²) in [5, 5.41) is 9.17. The number of thiophene rings is 1. The predicted molar refractivity (Wildman–Crippen MR) is 87.0 cm³/mol. The van der Waals surface area contributed by atoms with Gasteiger partial charge in [0.2, 0.25) is 0 Å². The maximum absolute atomic E-state index is 9.17. The van der Waals surface area contributed by atoms with Crippen molar-refractivity contribution in [2.24, 2.45) is 0 Å². The van der Waals surface area contributed by atoms with Crippen molar-refractivity contribution in [2.75, 3.05) is 0 Å². The Morgan fingerprint density at radius 3 is 2.81 bits per heavy atom. The van der Waals surface area contributed by atoms with Gasteiger partial charge in [0.25, 0.3) is 0 Å². The molecule has 0 atom stereocenters. The highest BCUT2D eigenvalue weighted by molar-refractivity contribution is 7.16. The summed E-state index contributed by atoms with van der Waals surface area (Å²) >= 11 is 13.5. The molecule has 0 fully saturated rings. The van der Waals surface area contributed by atoms with Crippen molar-refractivity contribution in [1.29, 1.82) is 5.26 Å². The summed E-state index contributed by atoms with van der Waals surface area (Å²) in [5.74, 6) is 1.11. The van der Waals surface area contributed by atoms with Crippen molar-refractivity contribution < 1.29 is 0 Å². The molecular formula is C15H11Cl2N3S. The summed E-state index contributed by atoms with van der Waals surface area (Å²) < 4.78 is 2.88. The van der Waals surface area contributed by atoms with E-state index in [4.69, 9.17) is 23.2 Å². The van der Waals surface area contributed by atoms with Crippen LogP contribution in [0.3, 0.4) is 0 Å². The molecule has 0 spiro atoms. The van der Waals surface area contributed by atoms with Gasteiger partial charge in [0.05, 0.1) is 21.3 Å². The number of imidazole rings is 1. The third kappa shape index (κ3) is 2.77. The number of hydrogen-bond acceptors (Lipinski definition) is 3. The van der Waals surface area contributed by atoms with Crippen LogP contribution in [-0.4, -0.2) is 9.55 Å². The average molecular weight is 336 g/mol. The summed E-state index contributed by atoms with van der Waals surface area (Å²) in [7, 11) is 0. The molecule has 1 aromatic carbocycles. The van der Waals surface area contributed by atoms with Gasteiger partial charge in [-0.1, -0.05) is 17.7 Å². The molecule has 6 heteroatoms. The highest BCUT2D eigenvalue weighted by Gasteiger charge is 2.13. The fourth-order valence-electron chi connectivity index (χ4n) is 2.34. The summed E-state index contributed by atoms with van der Waals surface area (Å²) in [4.78, 5) is 5.73. The largest absolute Gasteiger partial charge is 0.327 e. The van der Waals surface area contributed by atoms with Gasteiger partial charge >= 0.3 is 0 Å². The van der Waals surface area contributed by atoms with Crippen molar-refractivity contribution >= 4 is 45.6 Å². The second kappa shape index (κ2) is 6.07. The molecule has 2 heterocycles. The van der Waals surface area contributed by atoms with E-state index in [1.165, 1.54) is 4.88 Å². The molecule has 0 aliphatic heterocycles. The minimum Gasteiger partial charge on any atom is -0.327 e. The quantitative estimate of drug-likeness (QED) is 0.653. The molecule has 0 aliphatic rings. The van der Waals surface area contributed by atoms with Crippen LogP contribution < -0.4 is 0 Å². The van der Waals surface area contributed by atoms with Gasteiger partial charge < -0.3 is 4.57 Å². The van der Waals surface area contributed by atoms with Gasteiger partial charge in [0.15, 0.2) is 0 Å². The number of fused-ring (bicyclic) bond motifs is 1. The second-order valence-corrected chi connectivity index (χ2v) is 6.62. The van der Waals surface area contributed by atoms with Gasteiger partial charge in [-0.25, -0.2) is 4.98 Å². The van der Waals surface area contributed by atoms with Gasteiger partial charge in [-0.15, -0.1) is 22.9 Å². The first-order chi connectivity index (χ1) is 10.2. The SMILES string of the molecule is N#Cc1cccc2c1nc(CCl)n2CCc1ccc(Cl)s1. The van der Waals surface area contributed by atoms with Crippen molar-refractivity contribution in [1.82, 2.24) is 9.55 Å². The first kappa shape index (κ1) is 14.4. The fourth-order valence-corrected chi connectivity index (χ4v) is 3.63. The highest BCUT2D eigenvalue weighted by atomic mass is 35.5. The minimum absolute atomic E-state index is 0.324. The summed E-state index contributed by atoms with van der Waals surface area (Å²) in [5.41, 5.74) is 2.25. The molecule has 106 valence electrons.